The normalized spacial score (nSPS) is 14.8. The van der Waals surface area contributed by atoms with Crippen molar-refractivity contribution in [3.05, 3.63) is 0 Å². The predicted octanol–water partition coefficient (Wildman–Crippen LogP) is 2.30. The number of hydrogen-bond donors (Lipinski definition) is 2. The maximum absolute atomic E-state index is 11.6. The van der Waals surface area contributed by atoms with Crippen LogP contribution in [0.1, 0.15) is 48.0 Å². The van der Waals surface area contributed by atoms with Crippen molar-refractivity contribution in [3.8, 4) is 0 Å². The Morgan fingerprint density at radius 1 is 1.26 bits per heavy atom. The summed E-state index contributed by atoms with van der Waals surface area (Å²) in [7, 11) is 0. The summed E-state index contributed by atoms with van der Waals surface area (Å²) in [6.07, 6.45) is 0.567. The molecule has 0 radical (unpaired) electrons. The first-order valence-corrected chi connectivity index (χ1v) is 7.09. The smallest absolute Gasteiger partial charge is 0.407 e. The molecule has 5 nitrogen and oxygen atoms in total. The molecular formula is C14H30N2O3. The molecule has 0 aromatic rings. The first-order chi connectivity index (χ1) is 8.78. The molecule has 0 fully saturated rings. The average Bonchev–Trinajstić information content (AvgIpc) is 2.29. The Morgan fingerprint density at radius 3 is 2.37 bits per heavy atom. The second-order valence-corrected chi connectivity index (χ2v) is 5.72. The van der Waals surface area contributed by atoms with Crippen LogP contribution in [0, 0.1) is 0 Å². The third-order valence-corrected chi connectivity index (χ3v) is 2.48. The highest BCUT2D eigenvalue weighted by Crippen LogP contribution is 2.06. The Balaban J connectivity index is 3.96. The standard InChI is InChI=1S/C14H30N2O3/c1-7-12(16-11(3)10-18-8-2)9-15-13(17)19-14(4,5)6/h11-12,16H,7-10H2,1-6H3,(H,15,17). The topological polar surface area (TPSA) is 59.6 Å². The first kappa shape index (κ1) is 18.2. The summed E-state index contributed by atoms with van der Waals surface area (Å²) < 4.78 is 10.6. The lowest BCUT2D eigenvalue weighted by Crippen LogP contribution is -2.46. The number of carbonyl (C=O) groups excluding carboxylic acids is 1. The maximum atomic E-state index is 11.6. The van der Waals surface area contributed by atoms with Crippen LogP contribution >= 0.6 is 0 Å². The minimum Gasteiger partial charge on any atom is -0.444 e. The van der Waals surface area contributed by atoms with Gasteiger partial charge in [0, 0.05) is 25.2 Å². The highest BCUT2D eigenvalue weighted by molar-refractivity contribution is 5.67. The van der Waals surface area contributed by atoms with E-state index in [0.29, 0.717) is 13.2 Å². The van der Waals surface area contributed by atoms with Gasteiger partial charge in [-0.1, -0.05) is 6.92 Å². The van der Waals surface area contributed by atoms with Crippen molar-refractivity contribution >= 4 is 6.09 Å². The van der Waals surface area contributed by atoms with Crippen LogP contribution in [0.3, 0.4) is 0 Å². The van der Waals surface area contributed by atoms with Crippen molar-refractivity contribution in [2.75, 3.05) is 19.8 Å². The highest BCUT2D eigenvalue weighted by atomic mass is 16.6. The van der Waals surface area contributed by atoms with Crippen molar-refractivity contribution in [1.82, 2.24) is 10.6 Å². The third-order valence-electron chi connectivity index (χ3n) is 2.48. The molecule has 0 aliphatic carbocycles. The van der Waals surface area contributed by atoms with Gasteiger partial charge in [-0.15, -0.1) is 0 Å². The fourth-order valence-electron chi connectivity index (χ4n) is 1.59. The van der Waals surface area contributed by atoms with E-state index in [2.05, 4.69) is 24.5 Å². The van der Waals surface area contributed by atoms with E-state index in [1.54, 1.807) is 0 Å². The molecule has 0 aromatic heterocycles. The van der Waals surface area contributed by atoms with Crippen LogP contribution in [-0.4, -0.2) is 43.5 Å². The summed E-state index contributed by atoms with van der Waals surface area (Å²) in [4.78, 5) is 11.6. The van der Waals surface area contributed by atoms with Gasteiger partial charge in [0.05, 0.1) is 6.61 Å². The van der Waals surface area contributed by atoms with Crippen molar-refractivity contribution in [3.63, 3.8) is 0 Å². The summed E-state index contributed by atoms with van der Waals surface area (Å²) in [6.45, 7) is 13.7. The van der Waals surface area contributed by atoms with Gasteiger partial charge >= 0.3 is 6.09 Å². The minimum atomic E-state index is -0.457. The Kier molecular flexibility index (Phi) is 8.76. The molecule has 2 atom stereocenters. The Labute approximate surface area is 117 Å². The van der Waals surface area contributed by atoms with Gasteiger partial charge in [0.1, 0.15) is 5.60 Å². The molecule has 114 valence electrons. The fourth-order valence-corrected chi connectivity index (χ4v) is 1.59. The number of hydrogen-bond acceptors (Lipinski definition) is 4. The lowest BCUT2D eigenvalue weighted by Gasteiger charge is -2.24. The SMILES string of the molecule is CCOCC(C)NC(CC)CNC(=O)OC(C)(C)C. The van der Waals surface area contributed by atoms with Gasteiger partial charge in [-0.05, 0) is 41.0 Å². The number of amides is 1. The molecule has 0 rings (SSSR count). The molecule has 1 amide bonds. The van der Waals surface area contributed by atoms with E-state index in [-0.39, 0.29) is 18.2 Å². The molecule has 0 saturated carbocycles. The Morgan fingerprint density at radius 2 is 1.89 bits per heavy atom. The van der Waals surface area contributed by atoms with Crippen LogP contribution in [0.4, 0.5) is 4.79 Å². The molecule has 2 N–H and O–H groups in total. The number of nitrogens with one attached hydrogen (secondary N) is 2. The number of carbonyl (C=O) groups is 1. The average molecular weight is 274 g/mol. The van der Waals surface area contributed by atoms with E-state index in [0.717, 1.165) is 13.0 Å². The fraction of sp³-hybridized carbons (Fsp3) is 0.929. The molecule has 0 aliphatic heterocycles. The van der Waals surface area contributed by atoms with Gasteiger partial charge in [0.2, 0.25) is 0 Å². The first-order valence-electron chi connectivity index (χ1n) is 7.09. The molecule has 2 unspecified atom stereocenters. The van der Waals surface area contributed by atoms with Gasteiger partial charge in [-0.2, -0.15) is 0 Å². The van der Waals surface area contributed by atoms with E-state index in [1.165, 1.54) is 0 Å². The van der Waals surface area contributed by atoms with Crippen molar-refractivity contribution in [1.29, 1.82) is 0 Å². The van der Waals surface area contributed by atoms with Gasteiger partial charge in [0.15, 0.2) is 0 Å². The van der Waals surface area contributed by atoms with Gasteiger partial charge in [0.25, 0.3) is 0 Å². The maximum Gasteiger partial charge on any atom is 0.407 e. The number of alkyl carbamates (subject to hydrolysis) is 1. The summed E-state index contributed by atoms with van der Waals surface area (Å²) >= 11 is 0. The zero-order valence-corrected chi connectivity index (χ0v) is 13.2. The molecule has 0 bridgehead atoms. The molecule has 5 heteroatoms. The lowest BCUT2D eigenvalue weighted by molar-refractivity contribution is 0.0519. The highest BCUT2D eigenvalue weighted by Gasteiger charge is 2.17. The molecule has 0 aromatic carbocycles. The Bertz CT molecular complexity index is 252. The zero-order chi connectivity index (χ0) is 14.9. The molecule has 19 heavy (non-hydrogen) atoms. The second-order valence-electron chi connectivity index (χ2n) is 5.72. The molecule has 0 heterocycles. The predicted molar refractivity (Wildman–Crippen MR) is 77.4 cm³/mol. The van der Waals surface area contributed by atoms with Crippen LogP contribution in [0.2, 0.25) is 0 Å². The zero-order valence-electron chi connectivity index (χ0n) is 13.2. The van der Waals surface area contributed by atoms with Crippen LogP contribution in [-0.2, 0) is 9.47 Å². The Hall–Kier alpha value is -0.810. The summed E-state index contributed by atoms with van der Waals surface area (Å²) in [6, 6.07) is 0.494. The molecule has 0 spiro atoms. The third kappa shape index (κ3) is 10.8. The van der Waals surface area contributed by atoms with Crippen LogP contribution < -0.4 is 10.6 Å². The van der Waals surface area contributed by atoms with E-state index in [9.17, 15) is 4.79 Å². The second kappa shape index (κ2) is 9.15. The van der Waals surface area contributed by atoms with Gasteiger partial charge < -0.3 is 20.1 Å². The quantitative estimate of drug-likeness (QED) is 0.713. The lowest BCUT2D eigenvalue weighted by atomic mass is 10.2. The van der Waals surface area contributed by atoms with Crippen LogP contribution in [0.5, 0.6) is 0 Å². The van der Waals surface area contributed by atoms with Gasteiger partial charge in [-0.3, -0.25) is 0 Å². The van der Waals surface area contributed by atoms with Crippen molar-refractivity contribution in [2.24, 2.45) is 0 Å². The number of ether oxygens (including phenoxy) is 2. The van der Waals surface area contributed by atoms with E-state index in [4.69, 9.17) is 9.47 Å². The van der Waals surface area contributed by atoms with E-state index >= 15 is 0 Å². The van der Waals surface area contributed by atoms with Crippen LogP contribution in [0.15, 0.2) is 0 Å². The summed E-state index contributed by atoms with van der Waals surface area (Å²) in [5.41, 5.74) is -0.457. The molecule has 0 aliphatic rings. The van der Waals surface area contributed by atoms with Gasteiger partial charge in [-0.25, -0.2) is 4.79 Å². The monoisotopic (exact) mass is 274 g/mol. The molecular weight excluding hydrogens is 244 g/mol. The van der Waals surface area contributed by atoms with Crippen LogP contribution in [0.25, 0.3) is 0 Å². The summed E-state index contributed by atoms with van der Waals surface area (Å²) in [5.74, 6) is 0. The number of rotatable bonds is 8. The minimum absolute atomic E-state index is 0.225. The molecule has 0 saturated heterocycles. The summed E-state index contributed by atoms with van der Waals surface area (Å²) in [5, 5.41) is 6.21. The van der Waals surface area contributed by atoms with Crippen molar-refractivity contribution in [2.45, 2.75) is 65.6 Å². The largest absolute Gasteiger partial charge is 0.444 e. The van der Waals surface area contributed by atoms with Crippen molar-refractivity contribution < 1.29 is 14.3 Å². The van der Waals surface area contributed by atoms with E-state index in [1.807, 2.05) is 27.7 Å². The van der Waals surface area contributed by atoms with E-state index < -0.39 is 5.60 Å².